The van der Waals surface area contributed by atoms with Crippen molar-refractivity contribution in [2.45, 2.75) is 41.0 Å². The minimum absolute atomic E-state index is 0.242. The Labute approximate surface area is 236 Å². The molecule has 0 spiro atoms. The number of nitrogens with two attached hydrogens (primary N) is 1. The van der Waals surface area contributed by atoms with Gasteiger partial charge in [0.15, 0.2) is 17.1 Å². The molecule has 2 saturated heterocycles. The van der Waals surface area contributed by atoms with Crippen molar-refractivity contribution in [3.05, 3.63) is 70.5 Å². The van der Waals surface area contributed by atoms with Gasteiger partial charge in [-0.25, -0.2) is 14.6 Å². The average molecular weight is 584 g/mol. The van der Waals surface area contributed by atoms with Crippen LogP contribution in [0.3, 0.4) is 0 Å². The third-order valence-electron chi connectivity index (χ3n) is 6.42. The molecule has 4 aromatic rings. The number of thioether (sulfide) groups is 1. The van der Waals surface area contributed by atoms with E-state index in [1.807, 2.05) is 35.7 Å². The third-order valence-corrected chi connectivity index (χ3v) is 8.48. The Morgan fingerprint density at radius 2 is 2.10 bits per heavy atom. The van der Waals surface area contributed by atoms with Crippen molar-refractivity contribution in [2.24, 2.45) is 0 Å². The van der Waals surface area contributed by atoms with Crippen LogP contribution in [0, 0.1) is 11.3 Å². The molecule has 3 aromatic heterocycles. The second-order valence-electron chi connectivity index (χ2n) is 8.80. The number of anilines is 1. The third kappa shape index (κ3) is 5.24. The number of nitriles is 1. The number of aromatic nitrogens is 5. The maximum Gasteiger partial charge on any atom is 0.184 e. The minimum Gasteiger partial charge on any atom is -0.375 e. The van der Waals surface area contributed by atoms with Crippen LogP contribution in [0.4, 0.5) is 5.13 Å². The molecule has 6 rings (SSSR count). The van der Waals surface area contributed by atoms with E-state index in [4.69, 9.17) is 36.3 Å². The lowest BCUT2D eigenvalue weighted by Crippen LogP contribution is -2.59. The first-order valence-electron chi connectivity index (χ1n) is 11.9. The van der Waals surface area contributed by atoms with Crippen LogP contribution in [-0.2, 0) is 18.9 Å². The van der Waals surface area contributed by atoms with Gasteiger partial charge in [-0.05, 0) is 6.07 Å². The Morgan fingerprint density at radius 3 is 2.85 bits per heavy atom. The molecular formula is C25H22ClN7O4S2. The lowest BCUT2D eigenvalue weighted by molar-refractivity contribution is -0.308. The van der Waals surface area contributed by atoms with Crippen molar-refractivity contribution in [1.29, 1.82) is 5.26 Å². The second-order valence-corrected chi connectivity index (χ2v) is 11.3. The van der Waals surface area contributed by atoms with Crippen LogP contribution in [-0.4, -0.2) is 62.4 Å². The van der Waals surface area contributed by atoms with Gasteiger partial charge in [-0.3, -0.25) is 0 Å². The molecule has 1 aromatic carbocycles. The van der Waals surface area contributed by atoms with Gasteiger partial charge in [0.1, 0.15) is 47.2 Å². The molecule has 0 amide bonds. The number of benzene rings is 1. The zero-order valence-corrected chi connectivity index (χ0v) is 22.8. The summed E-state index contributed by atoms with van der Waals surface area (Å²) in [5, 5.41) is 21.1. The first-order valence-corrected chi connectivity index (χ1v) is 14.0. The van der Waals surface area contributed by atoms with Crippen LogP contribution in [0.1, 0.15) is 23.6 Å². The van der Waals surface area contributed by atoms with Crippen LogP contribution in [0.5, 0.6) is 0 Å². The molecule has 0 bridgehead atoms. The number of ether oxygens (including phenoxy) is 4. The largest absolute Gasteiger partial charge is 0.375 e. The second kappa shape index (κ2) is 11.2. The number of hydrogen-bond donors (Lipinski definition) is 1. The Morgan fingerprint density at radius 1 is 1.26 bits per heavy atom. The SMILES string of the molecule is COC1C(Sc2cc(Cl)cnc2C#N)OC2COC(c3ccccc3)OC2C1n1cc(-c2csc(N)n2)nn1. The van der Waals surface area contributed by atoms with Gasteiger partial charge in [0.2, 0.25) is 0 Å². The van der Waals surface area contributed by atoms with Gasteiger partial charge in [0.05, 0.1) is 17.8 Å². The smallest absolute Gasteiger partial charge is 0.184 e. The number of methoxy groups -OCH3 is 1. The summed E-state index contributed by atoms with van der Waals surface area (Å²) >= 11 is 8.83. The van der Waals surface area contributed by atoms with Crippen molar-refractivity contribution in [2.75, 3.05) is 19.5 Å². The zero-order valence-electron chi connectivity index (χ0n) is 20.5. The van der Waals surface area contributed by atoms with E-state index in [-0.39, 0.29) is 12.3 Å². The molecule has 2 fully saturated rings. The predicted molar refractivity (Wildman–Crippen MR) is 144 cm³/mol. The predicted octanol–water partition coefficient (Wildman–Crippen LogP) is 4.09. The molecule has 0 aliphatic carbocycles. The topological polar surface area (TPSA) is 143 Å². The maximum atomic E-state index is 9.61. The summed E-state index contributed by atoms with van der Waals surface area (Å²) in [6, 6.07) is 13.0. The summed E-state index contributed by atoms with van der Waals surface area (Å²) in [7, 11) is 1.60. The van der Waals surface area contributed by atoms with Crippen molar-refractivity contribution >= 4 is 39.8 Å². The molecule has 2 aliphatic rings. The molecule has 6 unspecified atom stereocenters. The van der Waals surface area contributed by atoms with Crippen LogP contribution >= 0.6 is 34.7 Å². The van der Waals surface area contributed by atoms with Gasteiger partial charge in [0, 0.05) is 29.1 Å². The fourth-order valence-corrected chi connectivity index (χ4v) is 6.70. The van der Waals surface area contributed by atoms with E-state index in [9.17, 15) is 5.26 Å². The number of fused-ring (bicyclic) bond motifs is 1. The molecule has 11 nitrogen and oxygen atoms in total. The maximum absolute atomic E-state index is 9.61. The number of nitrogens with zero attached hydrogens (tertiary/aromatic N) is 6. The molecule has 6 atom stereocenters. The van der Waals surface area contributed by atoms with E-state index in [2.05, 4.69) is 26.3 Å². The summed E-state index contributed by atoms with van der Waals surface area (Å²) < 4.78 is 26.8. The molecule has 5 heterocycles. The number of pyridine rings is 1. The van der Waals surface area contributed by atoms with Gasteiger partial charge in [-0.15, -0.1) is 16.4 Å². The van der Waals surface area contributed by atoms with E-state index in [1.54, 1.807) is 24.1 Å². The van der Waals surface area contributed by atoms with Gasteiger partial charge < -0.3 is 24.7 Å². The Balaban J connectivity index is 1.37. The fourth-order valence-electron chi connectivity index (χ4n) is 4.66. The van der Waals surface area contributed by atoms with Crippen LogP contribution < -0.4 is 5.73 Å². The molecule has 39 heavy (non-hydrogen) atoms. The van der Waals surface area contributed by atoms with Gasteiger partial charge in [-0.2, -0.15) is 5.26 Å². The Hall–Kier alpha value is -3.09. The van der Waals surface area contributed by atoms with Crippen LogP contribution in [0.15, 0.2) is 59.1 Å². The Kier molecular flexibility index (Phi) is 7.50. The lowest BCUT2D eigenvalue weighted by Gasteiger charge is -2.48. The van der Waals surface area contributed by atoms with Crippen molar-refractivity contribution in [3.63, 3.8) is 0 Å². The molecule has 0 radical (unpaired) electrons. The molecular weight excluding hydrogens is 562 g/mol. The quantitative estimate of drug-likeness (QED) is 0.350. The first-order chi connectivity index (χ1) is 19.0. The number of nitrogen functional groups attached to an aromatic ring is 1. The van der Waals surface area contributed by atoms with E-state index < -0.39 is 36.1 Å². The number of halogens is 1. The first kappa shape index (κ1) is 26.1. The number of thiazole rings is 1. The van der Waals surface area contributed by atoms with E-state index in [0.29, 0.717) is 26.4 Å². The van der Waals surface area contributed by atoms with Gasteiger partial charge in [-0.1, -0.05) is 58.9 Å². The molecule has 2 aliphatic heterocycles. The fraction of sp³-hybridized carbons (Fsp3) is 0.320. The van der Waals surface area contributed by atoms with Crippen molar-refractivity contribution in [1.82, 2.24) is 25.0 Å². The molecule has 2 N–H and O–H groups in total. The average Bonchev–Trinajstić information content (AvgIpc) is 3.62. The molecule has 0 saturated carbocycles. The van der Waals surface area contributed by atoms with Crippen molar-refractivity contribution in [3.8, 4) is 17.5 Å². The highest BCUT2D eigenvalue weighted by molar-refractivity contribution is 7.99. The van der Waals surface area contributed by atoms with Gasteiger partial charge >= 0.3 is 0 Å². The molecule has 14 heteroatoms. The highest BCUT2D eigenvalue weighted by atomic mass is 35.5. The monoisotopic (exact) mass is 583 g/mol. The summed E-state index contributed by atoms with van der Waals surface area (Å²) in [5.41, 5.74) is 7.60. The summed E-state index contributed by atoms with van der Waals surface area (Å²) in [6.07, 6.45) is 1.13. The normalized spacial score (nSPS) is 26.6. The van der Waals surface area contributed by atoms with E-state index in [1.165, 1.54) is 29.3 Å². The number of rotatable bonds is 6. The summed E-state index contributed by atoms with van der Waals surface area (Å²) in [5.74, 6) is 0. The highest BCUT2D eigenvalue weighted by Crippen LogP contribution is 2.45. The Bertz CT molecular complexity index is 1500. The van der Waals surface area contributed by atoms with Crippen LogP contribution in [0.2, 0.25) is 5.02 Å². The van der Waals surface area contributed by atoms with Gasteiger partial charge in [0.25, 0.3) is 0 Å². The van der Waals surface area contributed by atoms with Crippen molar-refractivity contribution < 1.29 is 18.9 Å². The standard InChI is InChI=1S/C25H22ClN7O4S2/c1-34-22-20(33-10-16(31-32-33)17-12-38-25(28)30-17)21-18(11-35-23(37-21)13-5-3-2-4-6-13)36-24(22)39-19-7-14(26)9-29-15(19)8-27/h2-7,9-10,12,18,20-24H,11H2,1H3,(H2,28,30). The van der Waals surface area contributed by atoms with Crippen LogP contribution in [0.25, 0.3) is 11.4 Å². The highest BCUT2D eigenvalue weighted by Gasteiger charge is 2.52. The minimum atomic E-state index is -0.594. The summed E-state index contributed by atoms with van der Waals surface area (Å²) in [6.45, 7) is 0.275. The summed E-state index contributed by atoms with van der Waals surface area (Å²) in [4.78, 5) is 9.06. The number of hydrogen-bond acceptors (Lipinski definition) is 12. The lowest BCUT2D eigenvalue weighted by atomic mass is 9.95. The molecule has 200 valence electrons. The van der Waals surface area contributed by atoms with E-state index >= 15 is 0 Å². The van der Waals surface area contributed by atoms with E-state index in [0.717, 1.165) is 5.56 Å². The zero-order chi connectivity index (χ0) is 26.9.